The average Bonchev–Trinajstić information content (AvgIpc) is 1.62. The van der Waals surface area contributed by atoms with Crippen molar-refractivity contribution in [1.29, 1.82) is 0 Å². The van der Waals surface area contributed by atoms with Crippen molar-refractivity contribution in [3.8, 4) is 17.2 Å². The maximum Gasteiger partial charge on any atom is 0.410 e. The van der Waals surface area contributed by atoms with Crippen LogP contribution in [-0.2, 0) is 72.0 Å². The second-order valence-corrected chi connectivity index (χ2v) is 42.6. The van der Waals surface area contributed by atoms with Crippen LogP contribution in [0.1, 0.15) is 181 Å². The lowest BCUT2D eigenvalue weighted by atomic mass is 9.89. The lowest BCUT2D eigenvalue weighted by Gasteiger charge is -2.39. The van der Waals surface area contributed by atoms with Gasteiger partial charge in [0.25, 0.3) is 0 Å². The molecule has 9 N–H and O–H groups in total. The highest BCUT2D eigenvalue weighted by molar-refractivity contribution is 9.11. The Balaban J connectivity index is 0.000000119. The van der Waals surface area contributed by atoms with Gasteiger partial charge in [0.1, 0.15) is 29.7 Å². The first-order valence-electron chi connectivity index (χ1n) is 49.4. The number of nitrogens with one attached hydrogen (secondary N) is 9. The van der Waals surface area contributed by atoms with Crippen LogP contribution in [0.15, 0.2) is 210 Å². The number of halogens is 6. The van der Waals surface area contributed by atoms with E-state index in [-0.39, 0.29) is 78.4 Å². The smallest absolute Gasteiger partial charge is 0.410 e. The Labute approximate surface area is 879 Å². The molecule has 2 aliphatic carbocycles. The quantitative estimate of drug-likeness (QED) is 0.0303. The molecule has 9 aromatic carbocycles. The number of benzene rings is 9. The zero-order valence-corrected chi connectivity index (χ0v) is 89.8. The fraction of sp³-hybridized carbons (Fsp3) is 0.369. The number of aromatic amines is 5. The number of piperazine rings is 1. The molecule has 748 valence electrons. The van der Waals surface area contributed by atoms with E-state index in [4.69, 9.17) is 40.6 Å². The standard InChI is InChI=1S/C25H27BrN4O3.C25H28BrN3O2.C25H28FN3OS.C22H22Br2N2O3.C14H15BrN2O2/c1-15(31)29-9-11-30(12-10-29)25(32)22-14-20-19-13-17(26)5-8-21(19)27-24(20)23(28-22)16-3-6-18(33-2)7-4-16;1-31-18-10-7-15(8-11-18)23-24-20(19-13-16(26)9-12-21(19)28-24)14-22(29-23)25(30)27-17-5-3-2-4-6-17;1-30-19-10-7-16(8-11-19)24-23-20(21-15-17(26)9-12-22(21)28-23)13-14-29(24)25(31)27-18-5-3-2-4-6-18;1-28-10-11-29-13-20(27)26-9-8-17-18-12-16(24)6-7-19(18)25-21(17)22(26)14-2-4-15(23)5-3-14;1-2-19-14(18)17-6-5-13-11(8-17)10-7-9(15)3-4-12(10)16-13/h3-8,13,22-23,27-28H,9-12,14H2,1-2H3;7-13,17,22-23,28-29H,2-6,14H2,1H3,(H,27,30);7-12,15,18,24,28H,2-6,13-14H2,1H3,(H,27,31);2-7,12,22,25H,8-11,13H2,1H3;3-4,7,16H,2,5-6,8H2,1H3. The molecule has 0 bridgehead atoms. The summed E-state index contributed by atoms with van der Waals surface area (Å²) in [6, 6.07) is 62.1. The molecule has 1 saturated heterocycles. The number of rotatable bonds is 17. The summed E-state index contributed by atoms with van der Waals surface area (Å²) in [5.74, 6) is 2.50. The molecule has 8 aliphatic rings. The number of methoxy groups -OCH3 is 4. The SMILES string of the molecule is CCOC(=O)N1CCc2[nH]c3ccc(Br)cc3c2C1.COCCOCC(=O)N1CCc2c([nH]c3ccc(Br)cc23)C1c1ccc(Br)cc1.COc1ccc(C2NC(C(=O)N3CCN(C(C)=O)CC3)Cc3c2[nH]c2ccc(Br)cc32)cc1.COc1ccc(C2NC(C(=O)NC3CCCCC3)Cc3c2[nH]c2ccc(Br)cc32)cc1.COc1ccc(C2c3[nH]c4ccc(F)cc4c3CCN2C(=S)NC2CCCCC2)cc1. The van der Waals surface area contributed by atoms with Gasteiger partial charge in [-0.1, -0.05) is 167 Å². The number of H-pyrrole nitrogens is 5. The average molecular weight is 2280 g/mol. The molecule has 2 saturated carbocycles. The highest BCUT2D eigenvalue weighted by Crippen LogP contribution is 2.45. The van der Waals surface area contributed by atoms with Gasteiger partial charge in [-0.15, -0.1) is 0 Å². The highest BCUT2D eigenvalue weighted by atomic mass is 79.9. The number of hydrogen-bond donors (Lipinski definition) is 9. The predicted octanol–water partition coefficient (Wildman–Crippen LogP) is 22.0. The molecule has 5 aromatic heterocycles. The van der Waals surface area contributed by atoms with Crippen LogP contribution in [0.2, 0.25) is 0 Å². The molecule has 22 rings (SSSR count). The summed E-state index contributed by atoms with van der Waals surface area (Å²) in [5.41, 5.74) is 21.5. The van der Waals surface area contributed by atoms with Crippen LogP contribution < -0.4 is 35.5 Å². The van der Waals surface area contributed by atoms with Gasteiger partial charge < -0.3 is 88.5 Å². The van der Waals surface area contributed by atoms with Crippen molar-refractivity contribution in [2.24, 2.45) is 0 Å². The number of carbonyl (C=O) groups is 5. The van der Waals surface area contributed by atoms with Crippen molar-refractivity contribution >= 4 is 181 Å². The van der Waals surface area contributed by atoms with Crippen LogP contribution >= 0.6 is 91.9 Å². The Morgan fingerprint density at radius 1 is 0.427 bits per heavy atom. The molecule has 0 spiro atoms. The fourth-order valence-electron chi connectivity index (χ4n) is 21.5. The van der Waals surface area contributed by atoms with Crippen LogP contribution in [0.25, 0.3) is 54.5 Å². The highest BCUT2D eigenvalue weighted by Gasteiger charge is 2.42. The molecule has 6 atom stereocenters. The first-order chi connectivity index (χ1) is 69.5. The summed E-state index contributed by atoms with van der Waals surface area (Å²) in [6.45, 7) is 9.84. The van der Waals surface area contributed by atoms with Gasteiger partial charge in [0.05, 0.1) is 83.9 Å². The van der Waals surface area contributed by atoms with Gasteiger partial charge in [0, 0.05) is 189 Å². The van der Waals surface area contributed by atoms with Crippen molar-refractivity contribution in [3.05, 3.63) is 295 Å². The number of thiocarbonyl (C=S) groups is 1. The third-order valence-corrected chi connectivity index (χ3v) is 31.7. The molecule has 25 nitrogen and oxygen atoms in total. The minimum atomic E-state index is -0.341. The van der Waals surface area contributed by atoms with E-state index < -0.39 is 0 Å². The lowest BCUT2D eigenvalue weighted by molar-refractivity contribution is -0.140. The van der Waals surface area contributed by atoms with Gasteiger partial charge >= 0.3 is 6.09 Å². The zero-order chi connectivity index (χ0) is 99.6. The molecule has 14 aromatic rings. The van der Waals surface area contributed by atoms with E-state index >= 15 is 0 Å². The lowest BCUT2D eigenvalue weighted by Crippen LogP contribution is -2.56. The van der Waals surface area contributed by atoms with E-state index in [1.54, 1.807) is 51.2 Å². The van der Waals surface area contributed by atoms with E-state index in [9.17, 15) is 28.4 Å². The summed E-state index contributed by atoms with van der Waals surface area (Å²) >= 11 is 23.7. The Hall–Kier alpha value is -10.9. The van der Waals surface area contributed by atoms with Crippen LogP contribution in [0.4, 0.5) is 9.18 Å². The summed E-state index contributed by atoms with van der Waals surface area (Å²) in [7, 11) is 6.62. The summed E-state index contributed by atoms with van der Waals surface area (Å²) in [6.07, 6.45) is 15.6. The maximum absolute atomic E-state index is 14.0. The van der Waals surface area contributed by atoms with Crippen LogP contribution in [0.3, 0.4) is 0 Å². The minimum Gasteiger partial charge on any atom is -0.497 e. The molecule has 143 heavy (non-hydrogen) atoms. The minimum absolute atomic E-state index is 0.0143. The third-order valence-electron chi connectivity index (χ3n) is 28.9. The number of aromatic nitrogens is 5. The van der Waals surface area contributed by atoms with E-state index in [1.807, 2.05) is 108 Å². The molecule has 6 aliphatic heterocycles. The monoisotopic (exact) mass is 2270 g/mol. The van der Waals surface area contributed by atoms with Crippen LogP contribution in [-0.4, -0.2) is 209 Å². The Morgan fingerprint density at radius 3 is 1.34 bits per heavy atom. The van der Waals surface area contributed by atoms with Crippen molar-refractivity contribution in [2.45, 2.75) is 165 Å². The predicted molar refractivity (Wildman–Crippen MR) is 580 cm³/mol. The number of amides is 5. The molecule has 3 fully saturated rings. The van der Waals surface area contributed by atoms with Crippen molar-refractivity contribution in [2.75, 3.05) is 101 Å². The second kappa shape index (κ2) is 46.6. The van der Waals surface area contributed by atoms with Gasteiger partial charge in [-0.3, -0.25) is 29.8 Å². The number of carbonyl (C=O) groups excluding carboxylic acids is 5. The van der Waals surface area contributed by atoms with Gasteiger partial charge in [0.15, 0.2) is 5.11 Å². The largest absolute Gasteiger partial charge is 0.497 e. The van der Waals surface area contributed by atoms with E-state index in [0.717, 1.165) is 167 Å². The fourth-order valence-corrected chi connectivity index (χ4v) is 23.6. The maximum atomic E-state index is 14.0. The Kier molecular flexibility index (Phi) is 33.3. The molecular weight excluding hydrogens is 2160 g/mol. The van der Waals surface area contributed by atoms with Crippen LogP contribution in [0, 0.1) is 5.82 Å². The first kappa shape index (κ1) is 102. The molecule has 5 amide bonds. The number of ether oxygens (including phenoxy) is 6. The van der Waals surface area contributed by atoms with E-state index in [2.05, 4.69) is 216 Å². The van der Waals surface area contributed by atoms with Gasteiger partial charge in [-0.05, 0) is 255 Å². The van der Waals surface area contributed by atoms with Crippen LogP contribution in [0.5, 0.6) is 17.2 Å². The summed E-state index contributed by atoms with van der Waals surface area (Å²) in [5, 5.41) is 20.7. The van der Waals surface area contributed by atoms with Gasteiger partial charge in [-0.2, -0.15) is 0 Å². The second-order valence-electron chi connectivity index (χ2n) is 37.6. The summed E-state index contributed by atoms with van der Waals surface area (Å²) in [4.78, 5) is 90.8. The number of nitrogens with zero attached hydrogens (tertiary/aromatic N) is 5. The topological polar surface area (TPSA) is 284 Å². The van der Waals surface area contributed by atoms with Gasteiger partial charge in [-0.25, -0.2) is 9.18 Å². The zero-order valence-electron chi connectivity index (χ0n) is 81.0. The number of fused-ring (bicyclic) bond motifs is 15. The third kappa shape index (κ3) is 23.3. The molecule has 6 unspecified atom stereocenters. The Bertz CT molecular complexity index is 6910. The number of hydrogen-bond acceptors (Lipinski definition) is 14. The van der Waals surface area contributed by atoms with E-state index in [1.165, 1.54) is 107 Å². The molecule has 32 heteroatoms. The Morgan fingerprint density at radius 2 is 0.846 bits per heavy atom. The first-order valence-corrected chi connectivity index (χ1v) is 53.7. The molecule has 0 radical (unpaired) electrons. The van der Waals surface area contributed by atoms with Gasteiger partial charge in [0.2, 0.25) is 23.6 Å². The summed E-state index contributed by atoms with van der Waals surface area (Å²) < 4.78 is 50.8. The normalized spacial score (nSPS) is 18.8. The van der Waals surface area contributed by atoms with Crippen molar-refractivity contribution in [1.82, 2.24) is 70.7 Å². The molecular formula is C111H120Br5FN14O11S. The van der Waals surface area contributed by atoms with Crippen molar-refractivity contribution < 1.29 is 56.8 Å². The molecule has 11 heterocycles. The van der Waals surface area contributed by atoms with Crippen molar-refractivity contribution in [3.63, 3.8) is 0 Å². The van der Waals surface area contributed by atoms with E-state index in [0.29, 0.717) is 90.6 Å².